The standard InChI is InChI=1S/C14H28O2Si/c1-13(2,3)17(6,7)16-12-8-9-14(4,5)10-11(12)15/h12H,8-10H2,1-7H3. The second-order valence-corrected chi connectivity index (χ2v) is 12.5. The Morgan fingerprint density at radius 2 is 1.82 bits per heavy atom. The van der Waals surface area contributed by atoms with Crippen LogP contribution >= 0.6 is 0 Å². The first-order valence-corrected chi connectivity index (χ1v) is 9.56. The molecular weight excluding hydrogens is 228 g/mol. The van der Waals surface area contributed by atoms with Gasteiger partial charge in [-0.15, -0.1) is 0 Å². The van der Waals surface area contributed by atoms with Gasteiger partial charge in [-0.1, -0.05) is 34.6 Å². The predicted octanol–water partition coefficient (Wildman–Crippen LogP) is 4.16. The minimum atomic E-state index is -1.80. The topological polar surface area (TPSA) is 26.3 Å². The van der Waals surface area contributed by atoms with Crippen LogP contribution in [0.2, 0.25) is 18.1 Å². The number of ketones is 1. The van der Waals surface area contributed by atoms with Gasteiger partial charge in [0.2, 0.25) is 0 Å². The molecule has 2 nitrogen and oxygen atoms in total. The molecule has 0 bridgehead atoms. The fourth-order valence-electron chi connectivity index (χ4n) is 2.01. The number of hydrogen-bond donors (Lipinski definition) is 0. The van der Waals surface area contributed by atoms with E-state index in [0.29, 0.717) is 12.2 Å². The summed E-state index contributed by atoms with van der Waals surface area (Å²) < 4.78 is 6.24. The van der Waals surface area contributed by atoms with Crippen molar-refractivity contribution in [3.05, 3.63) is 0 Å². The Hall–Kier alpha value is -0.153. The molecule has 0 heterocycles. The number of rotatable bonds is 2. The molecule has 1 unspecified atom stereocenters. The fourth-order valence-corrected chi connectivity index (χ4v) is 3.33. The number of hydrogen-bond acceptors (Lipinski definition) is 2. The lowest BCUT2D eigenvalue weighted by Crippen LogP contribution is -2.48. The predicted molar refractivity (Wildman–Crippen MR) is 74.7 cm³/mol. The van der Waals surface area contributed by atoms with Crippen molar-refractivity contribution in [1.82, 2.24) is 0 Å². The van der Waals surface area contributed by atoms with Gasteiger partial charge in [0.15, 0.2) is 14.1 Å². The smallest absolute Gasteiger partial charge is 0.193 e. The fraction of sp³-hybridized carbons (Fsp3) is 0.929. The van der Waals surface area contributed by atoms with Gasteiger partial charge in [0.05, 0.1) is 0 Å². The molecule has 1 aliphatic rings. The highest BCUT2D eigenvalue weighted by atomic mass is 28.4. The van der Waals surface area contributed by atoms with E-state index in [9.17, 15) is 4.79 Å². The van der Waals surface area contributed by atoms with E-state index < -0.39 is 8.32 Å². The lowest BCUT2D eigenvalue weighted by Gasteiger charge is -2.42. The van der Waals surface area contributed by atoms with Crippen molar-refractivity contribution in [2.45, 2.75) is 78.1 Å². The molecule has 1 atom stereocenters. The Balaban J connectivity index is 2.69. The Morgan fingerprint density at radius 3 is 2.24 bits per heavy atom. The molecule has 0 aromatic rings. The van der Waals surface area contributed by atoms with E-state index in [1.165, 1.54) is 0 Å². The van der Waals surface area contributed by atoms with Crippen LogP contribution in [0.3, 0.4) is 0 Å². The average Bonchev–Trinajstić information content (AvgIpc) is 2.07. The molecule has 1 saturated carbocycles. The summed E-state index contributed by atoms with van der Waals surface area (Å²) in [5.41, 5.74) is 0.171. The maximum atomic E-state index is 12.1. The summed E-state index contributed by atoms with van der Waals surface area (Å²) in [5, 5.41) is 0.181. The highest BCUT2D eigenvalue weighted by Crippen LogP contribution is 2.40. The molecule has 0 aromatic carbocycles. The van der Waals surface area contributed by atoms with Gasteiger partial charge >= 0.3 is 0 Å². The summed E-state index contributed by atoms with van der Waals surface area (Å²) in [6, 6.07) is 0. The Labute approximate surface area is 107 Å². The molecule has 0 N–H and O–H groups in total. The summed E-state index contributed by atoms with van der Waals surface area (Å²) in [6.45, 7) is 15.4. The van der Waals surface area contributed by atoms with E-state index in [-0.39, 0.29) is 16.6 Å². The van der Waals surface area contributed by atoms with Gasteiger partial charge in [0.1, 0.15) is 6.10 Å². The third-order valence-corrected chi connectivity index (χ3v) is 8.82. The van der Waals surface area contributed by atoms with Gasteiger partial charge in [0.25, 0.3) is 0 Å². The van der Waals surface area contributed by atoms with Gasteiger partial charge < -0.3 is 4.43 Å². The minimum Gasteiger partial charge on any atom is -0.407 e. The van der Waals surface area contributed by atoms with Crippen molar-refractivity contribution in [3.8, 4) is 0 Å². The van der Waals surface area contributed by atoms with Gasteiger partial charge in [-0.2, -0.15) is 0 Å². The van der Waals surface area contributed by atoms with Crippen molar-refractivity contribution < 1.29 is 9.22 Å². The molecule has 0 saturated heterocycles. The number of carbonyl (C=O) groups excluding carboxylic acids is 1. The summed E-state index contributed by atoms with van der Waals surface area (Å²) in [5.74, 6) is 0.311. The molecule has 0 aromatic heterocycles. The summed E-state index contributed by atoms with van der Waals surface area (Å²) >= 11 is 0. The van der Waals surface area contributed by atoms with Crippen molar-refractivity contribution in [3.63, 3.8) is 0 Å². The van der Waals surface area contributed by atoms with Gasteiger partial charge in [-0.05, 0) is 36.4 Å². The molecule has 1 rings (SSSR count). The second kappa shape index (κ2) is 4.50. The van der Waals surface area contributed by atoms with E-state index in [0.717, 1.165) is 12.8 Å². The molecule has 0 spiro atoms. The Kier molecular flexibility index (Phi) is 3.95. The molecular formula is C14H28O2Si. The van der Waals surface area contributed by atoms with Crippen molar-refractivity contribution in [2.24, 2.45) is 5.41 Å². The van der Waals surface area contributed by atoms with Crippen LogP contribution in [0.4, 0.5) is 0 Å². The second-order valence-electron chi connectivity index (χ2n) is 7.71. The monoisotopic (exact) mass is 256 g/mol. The van der Waals surface area contributed by atoms with Crippen LogP contribution in [-0.2, 0) is 9.22 Å². The summed E-state index contributed by atoms with van der Waals surface area (Å²) in [4.78, 5) is 12.1. The van der Waals surface area contributed by atoms with E-state index in [4.69, 9.17) is 4.43 Å². The minimum absolute atomic E-state index is 0.135. The van der Waals surface area contributed by atoms with E-state index in [1.807, 2.05) is 0 Å². The third-order valence-electron chi connectivity index (χ3n) is 4.34. The van der Waals surface area contributed by atoms with Gasteiger partial charge in [-0.25, -0.2) is 0 Å². The highest BCUT2D eigenvalue weighted by Gasteiger charge is 2.43. The van der Waals surface area contributed by atoms with E-state index in [2.05, 4.69) is 47.7 Å². The van der Waals surface area contributed by atoms with Crippen LogP contribution < -0.4 is 0 Å². The maximum Gasteiger partial charge on any atom is 0.193 e. The zero-order chi connectivity index (χ0) is 13.5. The molecule has 17 heavy (non-hydrogen) atoms. The molecule has 1 aliphatic carbocycles. The van der Waals surface area contributed by atoms with Gasteiger partial charge in [0, 0.05) is 6.42 Å². The first-order chi connectivity index (χ1) is 7.45. The van der Waals surface area contributed by atoms with Crippen molar-refractivity contribution in [2.75, 3.05) is 0 Å². The van der Waals surface area contributed by atoms with E-state index in [1.54, 1.807) is 0 Å². The first kappa shape index (κ1) is 14.9. The largest absolute Gasteiger partial charge is 0.407 e. The van der Waals surface area contributed by atoms with Gasteiger partial charge in [-0.3, -0.25) is 4.79 Å². The zero-order valence-corrected chi connectivity index (χ0v) is 13.5. The van der Waals surface area contributed by atoms with Crippen LogP contribution in [0.15, 0.2) is 0 Å². The summed E-state index contributed by atoms with van der Waals surface area (Å²) in [6.07, 6.45) is 2.53. The molecule has 0 amide bonds. The van der Waals surface area contributed by atoms with Crippen LogP contribution in [-0.4, -0.2) is 20.2 Å². The van der Waals surface area contributed by atoms with Crippen molar-refractivity contribution in [1.29, 1.82) is 0 Å². The highest BCUT2D eigenvalue weighted by molar-refractivity contribution is 6.74. The first-order valence-electron chi connectivity index (χ1n) is 6.65. The van der Waals surface area contributed by atoms with Crippen molar-refractivity contribution >= 4 is 14.1 Å². The molecule has 100 valence electrons. The average molecular weight is 256 g/mol. The number of Topliss-reactive ketones (excluding diaryl/α,β-unsaturated/α-hetero) is 1. The van der Waals surface area contributed by atoms with E-state index >= 15 is 0 Å². The maximum absolute atomic E-state index is 12.1. The lowest BCUT2D eigenvalue weighted by atomic mass is 9.76. The third kappa shape index (κ3) is 3.65. The normalized spacial score (nSPS) is 26.1. The Bertz CT molecular complexity index is 300. The number of carbonyl (C=O) groups is 1. The van der Waals surface area contributed by atoms with Crippen LogP contribution in [0, 0.1) is 5.41 Å². The molecule has 0 radical (unpaired) electrons. The molecule has 1 fully saturated rings. The Morgan fingerprint density at radius 1 is 1.29 bits per heavy atom. The molecule has 3 heteroatoms. The summed E-state index contributed by atoms with van der Waals surface area (Å²) in [7, 11) is -1.80. The zero-order valence-electron chi connectivity index (χ0n) is 12.5. The van der Waals surface area contributed by atoms with Crippen LogP contribution in [0.25, 0.3) is 0 Å². The SMILES string of the molecule is CC1(C)CCC(O[Si](C)(C)C(C)(C)C)C(=O)C1. The molecule has 0 aliphatic heterocycles. The van der Waals surface area contributed by atoms with Crippen LogP contribution in [0.1, 0.15) is 53.9 Å². The lowest BCUT2D eigenvalue weighted by molar-refractivity contribution is -0.131. The van der Waals surface area contributed by atoms with Crippen LogP contribution in [0.5, 0.6) is 0 Å². The quantitative estimate of drug-likeness (QED) is 0.694.